The number of rotatable bonds is 6. The van der Waals surface area contributed by atoms with E-state index in [-0.39, 0.29) is 49.7 Å². The summed E-state index contributed by atoms with van der Waals surface area (Å²) in [5.41, 5.74) is 2.05. The Kier molecular flexibility index (Phi) is 6.30. The number of hydrogen-bond acceptors (Lipinski definition) is 6. The summed E-state index contributed by atoms with van der Waals surface area (Å²) in [5, 5.41) is 9.53. The third-order valence-electron chi connectivity index (χ3n) is 5.28. The van der Waals surface area contributed by atoms with Crippen LogP contribution in [-0.4, -0.2) is 47.6 Å². The summed E-state index contributed by atoms with van der Waals surface area (Å²) in [6, 6.07) is 3.55. The Morgan fingerprint density at radius 1 is 1.36 bits per heavy atom. The van der Waals surface area contributed by atoms with Crippen molar-refractivity contribution in [2.24, 2.45) is 5.92 Å². The van der Waals surface area contributed by atoms with Crippen molar-refractivity contribution >= 4 is 23.4 Å². The van der Waals surface area contributed by atoms with Crippen LogP contribution < -0.4 is 4.74 Å². The average molecular weight is 408 g/mol. The first-order valence-electron chi connectivity index (χ1n) is 9.62. The van der Waals surface area contributed by atoms with Crippen LogP contribution in [0.25, 0.3) is 0 Å². The SMILES string of the molecule is CCOC(=O)C1=CN2C(CC1=O)c1c(Cl)cc(OCCO)cc1CC2C(C)C. The highest BCUT2D eigenvalue weighted by atomic mass is 35.5. The zero-order valence-corrected chi connectivity index (χ0v) is 17.2. The summed E-state index contributed by atoms with van der Waals surface area (Å²) in [6.07, 6.45) is 2.56. The van der Waals surface area contributed by atoms with Gasteiger partial charge in [0, 0.05) is 23.7 Å². The van der Waals surface area contributed by atoms with Crippen LogP contribution in [0.5, 0.6) is 5.75 Å². The first-order chi connectivity index (χ1) is 13.4. The van der Waals surface area contributed by atoms with E-state index in [1.165, 1.54) is 0 Å². The molecule has 0 aliphatic carbocycles. The van der Waals surface area contributed by atoms with Gasteiger partial charge >= 0.3 is 5.97 Å². The van der Waals surface area contributed by atoms with Gasteiger partial charge in [-0.2, -0.15) is 0 Å². The molecule has 2 aliphatic rings. The summed E-state index contributed by atoms with van der Waals surface area (Å²) in [7, 11) is 0. The number of aliphatic hydroxyl groups excluding tert-OH is 1. The van der Waals surface area contributed by atoms with Gasteiger partial charge in [-0.15, -0.1) is 0 Å². The molecule has 0 fully saturated rings. The lowest BCUT2D eigenvalue weighted by molar-refractivity contribution is -0.140. The lowest BCUT2D eigenvalue weighted by Crippen LogP contribution is -2.47. The Balaban J connectivity index is 2.04. The van der Waals surface area contributed by atoms with Crippen molar-refractivity contribution in [3.05, 3.63) is 40.1 Å². The van der Waals surface area contributed by atoms with Gasteiger partial charge in [0.05, 0.1) is 19.3 Å². The minimum Gasteiger partial charge on any atom is -0.491 e. The van der Waals surface area contributed by atoms with Gasteiger partial charge in [-0.3, -0.25) is 4.79 Å². The molecule has 3 rings (SSSR count). The van der Waals surface area contributed by atoms with Crippen molar-refractivity contribution < 1.29 is 24.2 Å². The molecular weight excluding hydrogens is 382 g/mol. The van der Waals surface area contributed by atoms with Crippen molar-refractivity contribution in [3.63, 3.8) is 0 Å². The van der Waals surface area contributed by atoms with Crippen LogP contribution in [0, 0.1) is 5.92 Å². The van der Waals surface area contributed by atoms with Crippen LogP contribution in [0.4, 0.5) is 0 Å². The highest BCUT2D eigenvalue weighted by Crippen LogP contribution is 2.45. The number of hydrogen-bond donors (Lipinski definition) is 1. The van der Waals surface area contributed by atoms with Gasteiger partial charge in [-0.05, 0) is 42.5 Å². The molecule has 0 spiro atoms. The second-order valence-corrected chi connectivity index (χ2v) is 7.83. The Labute approximate surface area is 170 Å². The van der Waals surface area contributed by atoms with Gasteiger partial charge in [-0.1, -0.05) is 25.4 Å². The zero-order chi connectivity index (χ0) is 20.4. The Bertz CT molecular complexity index is 804. The van der Waals surface area contributed by atoms with E-state index in [1.54, 1.807) is 19.2 Å². The van der Waals surface area contributed by atoms with Crippen LogP contribution in [-0.2, 0) is 20.7 Å². The molecule has 2 unspecified atom stereocenters. The number of benzene rings is 1. The summed E-state index contributed by atoms with van der Waals surface area (Å²) in [4.78, 5) is 27.0. The first-order valence-corrected chi connectivity index (χ1v) is 10.0. The topological polar surface area (TPSA) is 76.1 Å². The minimum atomic E-state index is -0.571. The molecule has 1 aromatic rings. The third kappa shape index (κ3) is 3.89. The maximum atomic E-state index is 12.7. The number of ketones is 1. The Morgan fingerprint density at radius 3 is 2.75 bits per heavy atom. The maximum Gasteiger partial charge on any atom is 0.343 e. The van der Waals surface area contributed by atoms with Gasteiger partial charge in [0.1, 0.15) is 17.9 Å². The number of ether oxygens (including phenoxy) is 2. The van der Waals surface area contributed by atoms with Crippen molar-refractivity contribution in [1.82, 2.24) is 4.90 Å². The molecule has 1 N–H and O–H groups in total. The summed E-state index contributed by atoms with van der Waals surface area (Å²) in [5.74, 6) is 0.104. The number of carbonyl (C=O) groups is 2. The quantitative estimate of drug-likeness (QED) is 0.577. The molecule has 0 aromatic heterocycles. The van der Waals surface area contributed by atoms with E-state index in [1.807, 2.05) is 6.07 Å². The molecule has 7 heteroatoms. The molecule has 28 heavy (non-hydrogen) atoms. The molecule has 0 radical (unpaired) electrons. The predicted molar refractivity (Wildman–Crippen MR) is 105 cm³/mol. The Hall–Kier alpha value is -2.05. The van der Waals surface area contributed by atoms with Crippen molar-refractivity contribution in [1.29, 1.82) is 0 Å². The fourth-order valence-corrected chi connectivity index (χ4v) is 4.36. The maximum absolute atomic E-state index is 12.7. The van der Waals surface area contributed by atoms with Gasteiger partial charge < -0.3 is 19.5 Å². The molecule has 6 nitrogen and oxygen atoms in total. The molecule has 2 heterocycles. The monoisotopic (exact) mass is 407 g/mol. The van der Waals surface area contributed by atoms with Gasteiger partial charge in [0.2, 0.25) is 0 Å². The normalized spacial score (nSPS) is 21.1. The summed E-state index contributed by atoms with van der Waals surface area (Å²) < 4.78 is 10.6. The third-order valence-corrected chi connectivity index (χ3v) is 5.59. The summed E-state index contributed by atoms with van der Waals surface area (Å²) >= 11 is 6.58. The van der Waals surface area contributed by atoms with E-state index in [0.29, 0.717) is 16.7 Å². The molecule has 152 valence electrons. The molecular formula is C21H26ClNO5. The van der Waals surface area contributed by atoms with Crippen LogP contribution in [0.3, 0.4) is 0 Å². The fourth-order valence-electron chi connectivity index (χ4n) is 4.00. The van der Waals surface area contributed by atoms with Crippen LogP contribution >= 0.6 is 11.6 Å². The van der Waals surface area contributed by atoms with E-state index in [2.05, 4.69) is 18.7 Å². The second-order valence-electron chi connectivity index (χ2n) is 7.42. The summed E-state index contributed by atoms with van der Waals surface area (Å²) in [6.45, 7) is 6.31. The molecule has 0 saturated carbocycles. The highest BCUT2D eigenvalue weighted by molar-refractivity contribution is 6.31. The fraction of sp³-hybridized carbons (Fsp3) is 0.524. The Morgan fingerprint density at radius 2 is 2.11 bits per heavy atom. The van der Waals surface area contributed by atoms with Gasteiger partial charge in [0.15, 0.2) is 5.78 Å². The number of Topliss-reactive ketones (excluding diaryl/α,β-unsaturated/α-hetero) is 1. The average Bonchev–Trinajstić information content (AvgIpc) is 2.64. The lowest BCUT2D eigenvalue weighted by atomic mass is 9.80. The van der Waals surface area contributed by atoms with Crippen molar-refractivity contribution in [2.75, 3.05) is 19.8 Å². The number of esters is 1. The minimum absolute atomic E-state index is 0.0738. The number of fused-ring (bicyclic) bond motifs is 3. The second kappa shape index (κ2) is 8.53. The largest absolute Gasteiger partial charge is 0.491 e. The van der Waals surface area contributed by atoms with Gasteiger partial charge in [0.25, 0.3) is 0 Å². The number of halogens is 1. The molecule has 2 aliphatic heterocycles. The van der Waals surface area contributed by atoms with E-state index in [0.717, 1.165) is 17.5 Å². The van der Waals surface area contributed by atoms with Crippen LogP contribution in [0.2, 0.25) is 5.02 Å². The molecule has 2 atom stereocenters. The van der Waals surface area contributed by atoms with E-state index in [4.69, 9.17) is 26.2 Å². The highest BCUT2D eigenvalue weighted by Gasteiger charge is 2.41. The van der Waals surface area contributed by atoms with E-state index < -0.39 is 5.97 Å². The predicted octanol–water partition coefficient (Wildman–Crippen LogP) is 3.05. The van der Waals surface area contributed by atoms with Crippen LogP contribution in [0.1, 0.15) is 44.4 Å². The zero-order valence-electron chi connectivity index (χ0n) is 16.4. The standard InChI is InChI=1S/C21H26ClNO5/c1-4-27-21(26)15-11-23-17(12(2)3)8-13-7-14(28-6-5-24)9-16(22)20(13)18(23)10-19(15)25/h7,9,11-12,17-18,24H,4-6,8,10H2,1-3H3. The number of nitrogens with zero attached hydrogens (tertiary/aromatic N) is 1. The van der Waals surface area contributed by atoms with Gasteiger partial charge in [-0.25, -0.2) is 4.79 Å². The molecule has 1 aromatic carbocycles. The first kappa shape index (κ1) is 20.7. The smallest absolute Gasteiger partial charge is 0.343 e. The molecule has 0 saturated heterocycles. The van der Waals surface area contributed by atoms with E-state index >= 15 is 0 Å². The van der Waals surface area contributed by atoms with Crippen molar-refractivity contribution in [2.45, 2.75) is 45.7 Å². The molecule has 0 amide bonds. The molecule has 0 bridgehead atoms. The van der Waals surface area contributed by atoms with E-state index in [9.17, 15) is 9.59 Å². The lowest BCUT2D eigenvalue weighted by Gasteiger charge is -2.47. The van der Waals surface area contributed by atoms with Crippen LogP contribution in [0.15, 0.2) is 23.9 Å². The number of carbonyl (C=O) groups excluding carboxylic acids is 2. The van der Waals surface area contributed by atoms with Crippen molar-refractivity contribution in [3.8, 4) is 5.75 Å². The number of aliphatic hydroxyl groups is 1.